The van der Waals surface area contributed by atoms with Gasteiger partial charge in [-0.1, -0.05) is 50.8 Å². The van der Waals surface area contributed by atoms with Crippen LogP contribution in [0, 0.1) is 0 Å². The van der Waals surface area contributed by atoms with E-state index in [4.69, 9.17) is 14.9 Å². The Morgan fingerprint density at radius 1 is 1.10 bits per heavy atom. The molecule has 0 aliphatic heterocycles. The molecule has 0 saturated carbocycles. The van der Waals surface area contributed by atoms with E-state index >= 15 is 0 Å². The van der Waals surface area contributed by atoms with Crippen molar-refractivity contribution in [1.82, 2.24) is 0 Å². The van der Waals surface area contributed by atoms with Crippen LogP contribution in [-0.2, 0) is 17.9 Å². The third kappa shape index (κ3) is 3.84. The molecular formula is C17H25NO2. The molecule has 3 nitrogen and oxygen atoms in total. The molecule has 0 bridgehead atoms. The molecule has 0 fully saturated rings. The van der Waals surface area contributed by atoms with E-state index in [0.29, 0.717) is 13.2 Å². The van der Waals surface area contributed by atoms with E-state index in [9.17, 15) is 0 Å². The van der Waals surface area contributed by atoms with Crippen LogP contribution < -0.4 is 5.73 Å². The zero-order chi connectivity index (χ0) is 14.2. The van der Waals surface area contributed by atoms with Gasteiger partial charge in [0, 0.05) is 17.6 Å². The van der Waals surface area contributed by atoms with Gasteiger partial charge < -0.3 is 14.9 Å². The van der Waals surface area contributed by atoms with Gasteiger partial charge in [-0.15, -0.1) is 0 Å². The van der Waals surface area contributed by atoms with Crippen molar-refractivity contribution in [3.8, 4) is 0 Å². The van der Waals surface area contributed by atoms with E-state index in [1.807, 2.05) is 18.2 Å². The van der Waals surface area contributed by atoms with Gasteiger partial charge in [0.2, 0.25) is 0 Å². The first-order chi connectivity index (χ1) is 9.86. The molecule has 1 aromatic carbocycles. The third-order valence-electron chi connectivity index (χ3n) is 3.61. The standard InChI is InChI=1S/C17H25NO2/c1-2-3-4-5-8-11-19-13-15-14-9-6-7-10-16(14)20-17(15)12-18/h6-7,9-10H,2-5,8,11-13,18H2,1H3. The predicted octanol–water partition coefficient (Wildman–Crippen LogP) is 4.38. The van der Waals surface area contributed by atoms with Crippen LogP contribution in [0.5, 0.6) is 0 Å². The van der Waals surface area contributed by atoms with E-state index in [1.54, 1.807) is 0 Å². The van der Waals surface area contributed by atoms with Crippen LogP contribution >= 0.6 is 0 Å². The summed E-state index contributed by atoms with van der Waals surface area (Å²) in [7, 11) is 0. The maximum Gasteiger partial charge on any atom is 0.134 e. The van der Waals surface area contributed by atoms with E-state index in [1.165, 1.54) is 25.7 Å². The van der Waals surface area contributed by atoms with Gasteiger partial charge in [0.15, 0.2) is 0 Å². The number of furan rings is 1. The minimum atomic E-state index is 0.421. The van der Waals surface area contributed by atoms with Crippen molar-refractivity contribution in [2.24, 2.45) is 5.73 Å². The third-order valence-corrected chi connectivity index (χ3v) is 3.61. The van der Waals surface area contributed by atoms with Gasteiger partial charge >= 0.3 is 0 Å². The Morgan fingerprint density at radius 2 is 1.90 bits per heavy atom. The Bertz CT molecular complexity index is 519. The number of rotatable bonds is 9. The molecule has 2 N–H and O–H groups in total. The smallest absolute Gasteiger partial charge is 0.134 e. The molecule has 3 heteroatoms. The molecule has 2 aromatic rings. The van der Waals surface area contributed by atoms with Crippen molar-refractivity contribution >= 4 is 11.0 Å². The molecule has 0 unspecified atom stereocenters. The van der Waals surface area contributed by atoms with Crippen LogP contribution in [0.15, 0.2) is 28.7 Å². The quantitative estimate of drug-likeness (QED) is 0.691. The van der Waals surface area contributed by atoms with E-state index in [-0.39, 0.29) is 0 Å². The lowest BCUT2D eigenvalue weighted by Crippen LogP contribution is -2.01. The maximum atomic E-state index is 5.79. The molecule has 0 spiro atoms. The molecule has 1 aromatic heterocycles. The first-order valence-electron chi connectivity index (χ1n) is 7.64. The fourth-order valence-electron chi connectivity index (χ4n) is 2.45. The highest BCUT2D eigenvalue weighted by atomic mass is 16.5. The Balaban J connectivity index is 1.86. The van der Waals surface area contributed by atoms with Crippen molar-refractivity contribution in [2.75, 3.05) is 6.61 Å². The summed E-state index contributed by atoms with van der Waals surface area (Å²) >= 11 is 0. The molecular weight excluding hydrogens is 250 g/mol. The van der Waals surface area contributed by atoms with Crippen molar-refractivity contribution in [3.63, 3.8) is 0 Å². The zero-order valence-corrected chi connectivity index (χ0v) is 12.4. The SMILES string of the molecule is CCCCCCCOCc1c(CN)oc2ccccc12. The highest BCUT2D eigenvalue weighted by Gasteiger charge is 2.12. The minimum Gasteiger partial charge on any atom is -0.459 e. The predicted molar refractivity (Wildman–Crippen MR) is 82.5 cm³/mol. The largest absolute Gasteiger partial charge is 0.459 e. The van der Waals surface area contributed by atoms with Gasteiger partial charge in [-0.25, -0.2) is 0 Å². The summed E-state index contributed by atoms with van der Waals surface area (Å²) in [6.45, 7) is 4.06. The number of hydrogen-bond donors (Lipinski definition) is 1. The Morgan fingerprint density at radius 3 is 2.70 bits per heavy atom. The second-order valence-corrected chi connectivity index (χ2v) is 5.17. The summed E-state index contributed by atoms with van der Waals surface area (Å²) in [5.74, 6) is 0.845. The van der Waals surface area contributed by atoms with Crippen LogP contribution in [0.25, 0.3) is 11.0 Å². The van der Waals surface area contributed by atoms with Crippen LogP contribution in [0.1, 0.15) is 50.4 Å². The first-order valence-corrected chi connectivity index (χ1v) is 7.64. The monoisotopic (exact) mass is 275 g/mol. The Kier molecular flexibility index (Phi) is 6.09. The summed E-state index contributed by atoms with van der Waals surface area (Å²) < 4.78 is 11.5. The van der Waals surface area contributed by atoms with Gasteiger partial charge in [0.25, 0.3) is 0 Å². The Hall–Kier alpha value is -1.32. The molecule has 0 radical (unpaired) electrons. The van der Waals surface area contributed by atoms with Crippen LogP contribution in [0.3, 0.4) is 0 Å². The second-order valence-electron chi connectivity index (χ2n) is 5.17. The lowest BCUT2D eigenvalue weighted by atomic mass is 10.1. The molecule has 0 atom stereocenters. The van der Waals surface area contributed by atoms with Crippen molar-refractivity contribution in [1.29, 1.82) is 0 Å². The topological polar surface area (TPSA) is 48.4 Å². The zero-order valence-electron chi connectivity index (χ0n) is 12.4. The number of benzene rings is 1. The normalized spacial score (nSPS) is 11.3. The van der Waals surface area contributed by atoms with Gasteiger partial charge in [0.1, 0.15) is 11.3 Å². The van der Waals surface area contributed by atoms with Crippen LogP contribution in [0.4, 0.5) is 0 Å². The molecule has 110 valence electrons. The van der Waals surface area contributed by atoms with Gasteiger partial charge in [-0.05, 0) is 12.5 Å². The van der Waals surface area contributed by atoms with Crippen LogP contribution in [0.2, 0.25) is 0 Å². The molecule has 0 aliphatic carbocycles. The molecule has 2 rings (SSSR count). The van der Waals surface area contributed by atoms with Gasteiger partial charge in [0.05, 0.1) is 13.2 Å². The fraction of sp³-hybridized carbons (Fsp3) is 0.529. The molecule has 0 saturated heterocycles. The molecule has 20 heavy (non-hydrogen) atoms. The number of para-hydroxylation sites is 1. The number of fused-ring (bicyclic) bond motifs is 1. The summed E-state index contributed by atoms with van der Waals surface area (Å²) in [6.07, 6.45) is 6.30. The fourth-order valence-corrected chi connectivity index (χ4v) is 2.45. The number of unbranched alkanes of at least 4 members (excludes halogenated alkanes) is 4. The van der Waals surface area contributed by atoms with Crippen molar-refractivity contribution in [2.45, 2.75) is 52.2 Å². The lowest BCUT2D eigenvalue weighted by molar-refractivity contribution is 0.116. The first kappa shape index (κ1) is 15.1. The van der Waals surface area contributed by atoms with Gasteiger partial charge in [-0.2, -0.15) is 0 Å². The van der Waals surface area contributed by atoms with E-state index in [0.717, 1.165) is 35.3 Å². The average molecular weight is 275 g/mol. The summed E-state index contributed by atoms with van der Waals surface area (Å²) in [5.41, 5.74) is 7.76. The summed E-state index contributed by atoms with van der Waals surface area (Å²) in [4.78, 5) is 0. The molecule has 0 aliphatic rings. The van der Waals surface area contributed by atoms with Crippen LogP contribution in [-0.4, -0.2) is 6.61 Å². The van der Waals surface area contributed by atoms with Crippen molar-refractivity contribution < 1.29 is 9.15 Å². The summed E-state index contributed by atoms with van der Waals surface area (Å²) in [6, 6.07) is 8.04. The van der Waals surface area contributed by atoms with Crippen molar-refractivity contribution in [3.05, 3.63) is 35.6 Å². The second kappa shape index (κ2) is 8.08. The van der Waals surface area contributed by atoms with E-state index < -0.39 is 0 Å². The molecule has 0 amide bonds. The highest BCUT2D eigenvalue weighted by molar-refractivity contribution is 5.82. The lowest BCUT2D eigenvalue weighted by Gasteiger charge is -2.04. The number of ether oxygens (including phenoxy) is 1. The number of hydrogen-bond acceptors (Lipinski definition) is 3. The average Bonchev–Trinajstić information content (AvgIpc) is 2.84. The number of nitrogens with two attached hydrogens (primary N) is 1. The summed E-state index contributed by atoms with van der Waals surface area (Å²) in [5, 5.41) is 1.12. The highest BCUT2D eigenvalue weighted by Crippen LogP contribution is 2.26. The maximum absolute atomic E-state index is 5.79. The molecule has 1 heterocycles. The van der Waals surface area contributed by atoms with Gasteiger partial charge in [-0.3, -0.25) is 0 Å². The Labute approximate surface area is 121 Å². The van der Waals surface area contributed by atoms with E-state index in [2.05, 4.69) is 13.0 Å². The minimum absolute atomic E-state index is 0.421.